The van der Waals surface area contributed by atoms with E-state index >= 15 is 0 Å². The molecule has 2 amide bonds. The first-order valence-corrected chi connectivity index (χ1v) is 9.57. The van der Waals surface area contributed by atoms with Crippen LogP contribution >= 0.6 is 11.8 Å². The molecule has 0 unspecified atom stereocenters. The van der Waals surface area contributed by atoms with Crippen LogP contribution in [-0.2, 0) is 11.3 Å². The molecule has 26 heavy (non-hydrogen) atoms. The molecule has 0 bridgehead atoms. The lowest BCUT2D eigenvalue weighted by Gasteiger charge is -2.12. The van der Waals surface area contributed by atoms with Crippen molar-refractivity contribution in [2.75, 3.05) is 17.3 Å². The van der Waals surface area contributed by atoms with Gasteiger partial charge in [0.2, 0.25) is 5.91 Å². The fourth-order valence-corrected chi connectivity index (χ4v) is 2.69. The number of nitrogens with one attached hydrogen (secondary N) is 2. The standard InChI is InChI=1S/C19H22FN3O2S/c1-26-11-10-17(21)19(25)23-16-8-4-14(5-9-16)18(24)22-12-13-2-6-15(20)7-3-13/h2-9,17H,10-12,21H2,1H3,(H,22,24)(H,23,25)/t17-/m0/s1. The van der Waals surface area contributed by atoms with Crippen LogP contribution in [-0.4, -0.2) is 29.9 Å². The number of hydrogen-bond acceptors (Lipinski definition) is 4. The first-order valence-electron chi connectivity index (χ1n) is 8.17. The molecule has 0 aromatic heterocycles. The Hall–Kier alpha value is -2.38. The van der Waals surface area contributed by atoms with E-state index in [0.717, 1.165) is 11.3 Å². The molecule has 0 aliphatic heterocycles. The highest BCUT2D eigenvalue weighted by Crippen LogP contribution is 2.11. The molecule has 0 radical (unpaired) electrons. The second-order valence-corrected chi connectivity index (χ2v) is 6.75. The third kappa shape index (κ3) is 6.16. The number of anilines is 1. The highest BCUT2D eigenvalue weighted by Gasteiger charge is 2.13. The maximum Gasteiger partial charge on any atom is 0.251 e. The Kier molecular flexibility index (Phi) is 7.62. The largest absolute Gasteiger partial charge is 0.348 e. The Morgan fingerprint density at radius 3 is 2.38 bits per heavy atom. The zero-order valence-electron chi connectivity index (χ0n) is 14.5. The normalized spacial score (nSPS) is 11.7. The lowest BCUT2D eigenvalue weighted by atomic mass is 10.1. The summed E-state index contributed by atoms with van der Waals surface area (Å²) in [5.41, 5.74) is 7.69. The van der Waals surface area contributed by atoms with Gasteiger partial charge < -0.3 is 16.4 Å². The molecule has 7 heteroatoms. The first kappa shape index (κ1) is 19.9. The van der Waals surface area contributed by atoms with E-state index in [4.69, 9.17) is 5.73 Å². The summed E-state index contributed by atoms with van der Waals surface area (Å²) in [5.74, 6) is 0.0178. The van der Waals surface area contributed by atoms with E-state index in [1.165, 1.54) is 12.1 Å². The number of amides is 2. The quantitative estimate of drug-likeness (QED) is 0.662. The number of hydrogen-bond donors (Lipinski definition) is 3. The molecule has 138 valence electrons. The Bertz CT molecular complexity index is 735. The number of carbonyl (C=O) groups excluding carboxylic acids is 2. The van der Waals surface area contributed by atoms with Crippen LogP contribution in [0.2, 0.25) is 0 Å². The minimum Gasteiger partial charge on any atom is -0.348 e. The van der Waals surface area contributed by atoms with Crippen molar-refractivity contribution in [3.63, 3.8) is 0 Å². The molecule has 0 saturated carbocycles. The molecule has 4 N–H and O–H groups in total. The highest BCUT2D eigenvalue weighted by atomic mass is 32.2. The second-order valence-electron chi connectivity index (χ2n) is 5.76. The minimum atomic E-state index is -0.555. The Morgan fingerprint density at radius 1 is 1.12 bits per heavy atom. The maximum atomic E-state index is 12.9. The van der Waals surface area contributed by atoms with Crippen LogP contribution in [0.1, 0.15) is 22.3 Å². The summed E-state index contributed by atoms with van der Waals surface area (Å²) in [7, 11) is 0. The molecule has 2 aromatic carbocycles. The van der Waals surface area contributed by atoms with E-state index in [-0.39, 0.29) is 17.6 Å². The molecule has 0 saturated heterocycles. The molecule has 0 spiro atoms. The second kappa shape index (κ2) is 9.94. The number of benzene rings is 2. The van der Waals surface area contributed by atoms with E-state index in [1.54, 1.807) is 48.2 Å². The first-order chi connectivity index (χ1) is 12.5. The van der Waals surface area contributed by atoms with E-state index in [1.807, 2.05) is 6.26 Å². The van der Waals surface area contributed by atoms with Gasteiger partial charge in [-0.25, -0.2) is 4.39 Å². The van der Waals surface area contributed by atoms with E-state index in [2.05, 4.69) is 10.6 Å². The molecule has 0 aliphatic rings. The Balaban J connectivity index is 1.86. The van der Waals surface area contributed by atoms with Crippen LogP contribution < -0.4 is 16.4 Å². The van der Waals surface area contributed by atoms with Crippen molar-refractivity contribution in [3.05, 3.63) is 65.5 Å². The number of nitrogens with two attached hydrogens (primary N) is 1. The predicted molar refractivity (Wildman–Crippen MR) is 104 cm³/mol. The molecular weight excluding hydrogens is 353 g/mol. The van der Waals surface area contributed by atoms with Crippen LogP contribution in [0.5, 0.6) is 0 Å². The molecule has 0 fully saturated rings. The third-order valence-corrected chi connectivity index (χ3v) is 4.39. The fourth-order valence-electron chi connectivity index (χ4n) is 2.20. The van der Waals surface area contributed by atoms with Crippen molar-refractivity contribution in [1.29, 1.82) is 0 Å². The van der Waals surface area contributed by atoms with Gasteiger partial charge in [-0.05, 0) is 60.4 Å². The Labute approximate surface area is 156 Å². The SMILES string of the molecule is CSCC[C@H](N)C(=O)Nc1ccc(C(=O)NCc2ccc(F)cc2)cc1. The molecule has 0 aliphatic carbocycles. The monoisotopic (exact) mass is 375 g/mol. The van der Waals surface area contributed by atoms with Gasteiger partial charge in [0.05, 0.1) is 6.04 Å². The van der Waals surface area contributed by atoms with Crippen molar-refractivity contribution in [2.45, 2.75) is 19.0 Å². The van der Waals surface area contributed by atoms with Gasteiger partial charge in [-0.2, -0.15) is 11.8 Å². The van der Waals surface area contributed by atoms with Gasteiger partial charge in [-0.3, -0.25) is 9.59 Å². The summed E-state index contributed by atoms with van der Waals surface area (Å²) in [6.45, 7) is 0.307. The van der Waals surface area contributed by atoms with Crippen molar-refractivity contribution in [3.8, 4) is 0 Å². The Morgan fingerprint density at radius 2 is 1.77 bits per heavy atom. The van der Waals surface area contributed by atoms with Gasteiger partial charge >= 0.3 is 0 Å². The predicted octanol–water partition coefficient (Wildman–Crippen LogP) is 2.77. The number of halogens is 1. The van der Waals surface area contributed by atoms with Gasteiger partial charge in [-0.15, -0.1) is 0 Å². The van der Waals surface area contributed by atoms with Crippen LogP contribution in [0.25, 0.3) is 0 Å². The van der Waals surface area contributed by atoms with E-state index < -0.39 is 6.04 Å². The van der Waals surface area contributed by atoms with Gasteiger partial charge in [0, 0.05) is 17.8 Å². The third-order valence-electron chi connectivity index (χ3n) is 3.75. The molecular formula is C19H22FN3O2S. The molecule has 2 aromatic rings. The lowest BCUT2D eigenvalue weighted by Crippen LogP contribution is -2.36. The van der Waals surface area contributed by atoms with Crippen molar-refractivity contribution in [2.24, 2.45) is 5.73 Å². The molecule has 5 nitrogen and oxygen atoms in total. The van der Waals surface area contributed by atoms with Crippen LogP contribution in [0.4, 0.5) is 10.1 Å². The highest BCUT2D eigenvalue weighted by molar-refractivity contribution is 7.98. The van der Waals surface area contributed by atoms with Crippen LogP contribution in [0.3, 0.4) is 0 Å². The summed E-state index contributed by atoms with van der Waals surface area (Å²) in [5, 5.41) is 5.50. The summed E-state index contributed by atoms with van der Waals surface area (Å²) in [4.78, 5) is 24.1. The summed E-state index contributed by atoms with van der Waals surface area (Å²) < 4.78 is 12.9. The smallest absolute Gasteiger partial charge is 0.251 e. The molecule has 0 heterocycles. The average Bonchev–Trinajstić information content (AvgIpc) is 2.66. The van der Waals surface area contributed by atoms with Gasteiger partial charge in [-0.1, -0.05) is 12.1 Å². The topological polar surface area (TPSA) is 84.2 Å². The lowest BCUT2D eigenvalue weighted by molar-refractivity contribution is -0.117. The molecule has 1 atom stereocenters. The van der Waals surface area contributed by atoms with Gasteiger partial charge in [0.25, 0.3) is 5.91 Å². The number of carbonyl (C=O) groups is 2. The summed E-state index contributed by atoms with van der Waals surface area (Å²) >= 11 is 1.64. The van der Waals surface area contributed by atoms with Crippen molar-refractivity contribution < 1.29 is 14.0 Å². The fraction of sp³-hybridized carbons (Fsp3) is 0.263. The van der Waals surface area contributed by atoms with Crippen LogP contribution in [0.15, 0.2) is 48.5 Å². The number of thioether (sulfide) groups is 1. The summed E-state index contributed by atoms with van der Waals surface area (Å²) in [6.07, 6.45) is 2.57. The zero-order chi connectivity index (χ0) is 18.9. The summed E-state index contributed by atoms with van der Waals surface area (Å²) in [6, 6.07) is 12.0. The average molecular weight is 375 g/mol. The molecule has 2 rings (SSSR count). The van der Waals surface area contributed by atoms with E-state index in [9.17, 15) is 14.0 Å². The van der Waals surface area contributed by atoms with Gasteiger partial charge in [0.15, 0.2) is 0 Å². The minimum absolute atomic E-state index is 0.243. The zero-order valence-corrected chi connectivity index (χ0v) is 15.3. The van der Waals surface area contributed by atoms with Crippen LogP contribution in [0, 0.1) is 5.82 Å². The maximum absolute atomic E-state index is 12.9. The number of rotatable bonds is 8. The van der Waals surface area contributed by atoms with Crippen molar-refractivity contribution in [1.82, 2.24) is 5.32 Å². The van der Waals surface area contributed by atoms with E-state index in [0.29, 0.717) is 24.2 Å². The van der Waals surface area contributed by atoms with Gasteiger partial charge in [0.1, 0.15) is 5.82 Å². The van der Waals surface area contributed by atoms with Crippen molar-refractivity contribution >= 4 is 29.3 Å².